The van der Waals surface area contributed by atoms with Gasteiger partial charge in [-0.05, 0) is 141 Å². The van der Waals surface area contributed by atoms with Crippen molar-refractivity contribution >= 4 is 33.6 Å². The lowest BCUT2D eigenvalue weighted by Gasteiger charge is -2.21. The van der Waals surface area contributed by atoms with Gasteiger partial charge in [-0.25, -0.2) is 9.13 Å². The van der Waals surface area contributed by atoms with E-state index in [0.717, 1.165) is 167 Å². The van der Waals surface area contributed by atoms with Crippen molar-refractivity contribution in [2.45, 2.75) is 334 Å². The van der Waals surface area contributed by atoms with Crippen molar-refractivity contribution in [1.82, 2.24) is 0 Å². The maximum Gasteiger partial charge on any atom is 0.472 e. The number of phosphoric acid groups is 2. The molecule has 0 rings (SSSR count). The van der Waals surface area contributed by atoms with Crippen LogP contribution in [0.1, 0.15) is 316 Å². The van der Waals surface area contributed by atoms with Crippen molar-refractivity contribution < 1.29 is 75.8 Å². The van der Waals surface area contributed by atoms with Crippen LogP contribution in [0.4, 0.5) is 0 Å². The molecule has 0 saturated heterocycles. The van der Waals surface area contributed by atoms with Crippen molar-refractivity contribution in [3.8, 4) is 0 Å². The number of aliphatic hydroxyl groups is 2. The van der Waals surface area contributed by atoms with Crippen LogP contribution in [0.25, 0.3) is 0 Å². The zero-order valence-electron chi connectivity index (χ0n) is 63.3. The van der Waals surface area contributed by atoms with Crippen molar-refractivity contribution in [3.63, 3.8) is 0 Å². The van der Waals surface area contributed by atoms with Gasteiger partial charge in [0.2, 0.25) is 0 Å². The number of carbonyl (C=O) groups excluding carboxylic acids is 3. The van der Waals surface area contributed by atoms with Gasteiger partial charge in [0.25, 0.3) is 0 Å². The number of hydrogen-bond acceptors (Lipinski definition) is 14. The molecular formula is C83H142O16P2. The van der Waals surface area contributed by atoms with Gasteiger partial charge in [-0.2, -0.15) is 0 Å². The molecule has 580 valence electrons. The van der Waals surface area contributed by atoms with E-state index in [2.05, 4.69) is 154 Å². The third-order valence-corrected chi connectivity index (χ3v) is 18.2. The molecule has 0 aliphatic heterocycles. The zero-order chi connectivity index (χ0) is 73.7. The van der Waals surface area contributed by atoms with Crippen LogP contribution in [-0.2, 0) is 55.8 Å². The Kier molecular flexibility index (Phi) is 72.2. The quantitative estimate of drug-likeness (QED) is 0.0146. The Morgan fingerprint density at radius 3 is 0.832 bits per heavy atom. The summed E-state index contributed by atoms with van der Waals surface area (Å²) < 4.78 is 61.1. The van der Waals surface area contributed by atoms with E-state index in [9.17, 15) is 43.5 Å². The van der Waals surface area contributed by atoms with Crippen molar-refractivity contribution in [2.75, 3.05) is 39.6 Å². The molecule has 0 bridgehead atoms. The summed E-state index contributed by atoms with van der Waals surface area (Å²) in [5.74, 6) is -1.60. The molecular weight excluding hydrogens is 1310 g/mol. The lowest BCUT2D eigenvalue weighted by molar-refractivity contribution is -0.161. The SMILES string of the molecule is CC/C=C\C/C=C\C/C=C\C/C=C\C/C=C\CCCCCCCCCCCCCC(=O)OCC(O)COP(=O)(O)OCC(O)COP(=O)(O)OCC(COC(=O)CCCCCCCCC/C=C\C/C=C\C/C=C\C/C=C\CCCCC)OC(=O)CCCCCCC/C=C\C/C=C\CCCCC. The first kappa shape index (κ1) is 96.7. The molecule has 0 aromatic carbocycles. The molecule has 0 aliphatic rings. The molecule has 4 N–H and O–H groups in total. The topological polar surface area (TPSA) is 231 Å². The van der Waals surface area contributed by atoms with E-state index in [1.54, 1.807) is 0 Å². The summed E-state index contributed by atoms with van der Waals surface area (Å²) in [7, 11) is -9.80. The van der Waals surface area contributed by atoms with E-state index >= 15 is 0 Å². The Labute approximate surface area is 614 Å². The molecule has 101 heavy (non-hydrogen) atoms. The van der Waals surface area contributed by atoms with Crippen LogP contribution in [0.3, 0.4) is 0 Å². The van der Waals surface area contributed by atoms with Gasteiger partial charge in [0.05, 0.1) is 26.4 Å². The molecule has 0 radical (unpaired) electrons. The van der Waals surface area contributed by atoms with E-state index in [1.807, 2.05) is 0 Å². The monoisotopic (exact) mass is 1460 g/mol. The van der Waals surface area contributed by atoms with Crippen molar-refractivity contribution in [1.29, 1.82) is 0 Å². The Balaban J connectivity index is 4.59. The molecule has 0 aliphatic carbocycles. The van der Waals surface area contributed by atoms with Crippen LogP contribution >= 0.6 is 15.6 Å². The summed E-state index contributed by atoms with van der Waals surface area (Å²) in [6.07, 6.45) is 90.6. The smallest absolute Gasteiger partial charge is 0.463 e. The number of esters is 3. The highest BCUT2D eigenvalue weighted by Crippen LogP contribution is 2.45. The van der Waals surface area contributed by atoms with Crippen LogP contribution in [0.15, 0.2) is 134 Å². The number of carbonyl (C=O) groups is 3. The van der Waals surface area contributed by atoms with Gasteiger partial charge in [0, 0.05) is 19.3 Å². The highest BCUT2D eigenvalue weighted by molar-refractivity contribution is 7.47. The van der Waals surface area contributed by atoms with E-state index in [-0.39, 0.29) is 19.3 Å². The lowest BCUT2D eigenvalue weighted by atomic mass is 10.0. The molecule has 18 heteroatoms. The maximum absolute atomic E-state index is 13.0. The summed E-state index contributed by atoms with van der Waals surface area (Å²) in [5, 5.41) is 20.6. The largest absolute Gasteiger partial charge is 0.472 e. The second-order valence-corrected chi connectivity index (χ2v) is 29.0. The fourth-order valence-corrected chi connectivity index (χ4v) is 11.9. The Hall–Kier alpha value is -4.31. The van der Waals surface area contributed by atoms with E-state index < -0.39 is 91.5 Å². The van der Waals surface area contributed by atoms with Gasteiger partial charge in [-0.3, -0.25) is 32.5 Å². The minimum absolute atomic E-state index is 0.0836. The number of unbranched alkanes of at least 4 members (excludes halogenated alkanes) is 29. The highest BCUT2D eigenvalue weighted by Gasteiger charge is 2.29. The lowest BCUT2D eigenvalue weighted by Crippen LogP contribution is -2.30. The van der Waals surface area contributed by atoms with Crippen molar-refractivity contribution in [2.24, 2.45) is 0 Å². The molecule has 16 nitrogen and oxygen atoms in total. The minimum atomic E-state index is -4.94. The first-order chi connectivity index (χ1) is 49.2. The molecule has 0 amide bonds. The molecule has 0 aromatic rings. The first-order valence-corrected chi connectivity index (χ1v) is 42.5. The second kappa shape index (κ2) is 75.4. The van der Waals surface area contributed by atoms with Crippen LogP contribution < -0.4 is 0 Å². The van der Waals surface area contributed by atoms with Crippen LogP contribution in [0, 0.1) is 0 Å². The Morgan fingerprint density at radius 1 is 0.287 bits per heavy atom. The third kappa shape index (κ3) is 76.6. The van der Waals surface area contributed by atoms with Gasteiger partial charge in [-0.15, -0.1) is 0 Å². The van der Waals surface area contributed by atoms with Gasteiger partial charge in [0.1, 0.15) is 25.4 Å². The molecule has 0 saturated carbocycles. The van der Waals surface area contributed by atoms with Gasteiger partial charge < -0.3 is 34.2 Å². The summed E-state index contributed by atoms with van der Waals surface area (Å²) in [4.78, 5) is 58.7. The Morgan fingerprint density at radius 2 is 0.525 bits per heavy atom. The standard InChI is InChI=1S/C83H142O16P2/c1-4-7-10-13-16-19-22-25-28-30-32-34-36-37-38-39-41-43-44-46-49-51-54-57-60-63-66-69-81(86)93-72-78(84)73-95-100(89,90)96-74-79(85)75-97-101(91,92)98-77-80(99-83(88)71-68-65-62-59-56-53-48-27-24-21-18-15-12-9-6-3)76-94-82(87)70-67-64-61-58-55-52-50-47-45-42-40-35-33-31-29-26-23-20-17-14-11-8-5-2/h7,10,16-21,25-29,32-35,37-38,42,45,48,78-80,84-85H,4-6,8-9,11-15,22-24,30-31,36,39-41,43-44,46-47,49-77H2,1-3H3,(H,89,90)(H,91,92)/b10-7-,19-16-,20-17-,21-18-,28-25-,29-26-,34-32-,35-33-,38-37-,45-42-,48-27-. The zero-order valence-corrected chi connectivity index (χ0v) is 65.1. The number of aliphatic hydroxyl groups excluding tert-OH is 2. The van der Waals surface area contributed by atoms with E-state index in [0.29, 0.717) is 19.3 Å². The number of ether oxygens (including phenoxy) is 3. The number of rotatable bonds is 74. The maximum atomic E-state index is 13.0. The second-order valence-electron chi connectivity index (χ2n) is 26.1. The summed E-state index contributed by atoms with van der Waals surface area (Å²) in [6.45, 7) is 2.49. The van der Waals surface area contributed by atoms with Gasteiger partial charge in [0.15, 0.2) is 6.10 Å². The van der Waals surface area contributed by atoms with Gasteiger partial charge >= 0.3 is 33.6 Å². The minimum Gasteiger partial charge on any atom is -0.463 e. The van der Waals surface area contributed by atoms with Crippen molar-refractivity contribution in [3.05, 3.63) is 134 Å². The van der Waals surface area contributed by atoms with Gasteiger partial charge in [-0.1, -0.05) is 289 Å². The molecule has 5 unspecified atom stereocenters. The summed E-state index contributed by atoms with van der Waals surface area (Å²) >= 11 is 0. The Bertz CT molecular complexity index is 2370. The fourth-order valence-electron chi connectivity index (χ4n) is 10.3. The molecule has 0 aromatic heterocycles. The summed E-state index contributed by atoms with van der Waals surface area (Å²) in [6, 6.07) is 0. The predicted molar refractivity (Wildman–Crippen MR) is 417 cm³/mol. The highest BCUT2D eigenvalue weighted by atomic mass is 31.2. The summed E-state index contributed by atoms with van der Waals surface area (Å²) in [5.41, 5.74) is 0. The van der Waals surface area contributed by atoms with Crippen LogP contribution in [0.2, 0.25) is 0 Å². The van der Waals surface area contributed by atoms with Crippen LogP contribution in [-0.4, -0.2) is 95.9 Å². The predicted octanol–water partition coefficient (Wildman–Crippen LogP) is 23.1. The molecule has 5 atom stereocenters. The molecule has 0 fully saturated rings. The average molecular weight is 1460 g/mol. The number of phosphoric ester groups is 2. The van der Waals surface area contributed by atoms with E-state index in [4.69, 9.17) is 32.3 Å². The van der Waals surface area contributed by atoms with Crippen LogP contribution in [0.5, 0.6) is 0 Å². The number of hydrogen-bond donors (Lipinski definition) is 4. The average Bonchev–Trinajstić information content (AvgIpc) is 0.951. The fraction of sp³-hybridized carbons (Fsp3) is 0.699. The normalized spacial score (nSPS) is 14.7. The van der Waals surface area contributed by atoms with E-state index in [1.165, 1.54) is 89.9 Å². The number of allylic oxidation sites excluding steroid dienone is 22. The third-order valence-electron chi connectivity index (χ3n) is 16.3. The first-order valence-electron chi connectivity index (χ1n) is 39.5. The molecule has 0 spiro atoms. The molecule has 0 heterocycles.